The molecule has 2 rings (SSSR count). The Morgan fingerprint density at radius 1 is 1.00 bits per heavy atom. The largest absolute Gasteiger partial charge is 0.0617 e. The van der Waals surface area contributed by atoms with E-state index in [0.717, 1.165) is 22.7 Å². The molecule has 52 valence electrons. The summed E-state index contributed by atoms with van der Waals surface area (Å²) in [6.07, 6.45) is 1.49. The molecular formula is C9H16. The van der Waals surface area contributed by atoms with E-state index >= 15 is 0 Å². The number of fused-ring (bicyclic) bond motifs is 1. The molecule has 0 bridgehead atoms. The van der Waals surface area contributed by atoms with Crippen LogP contribution in [0.25, 0.3) is 0 Å². The molecule has 2 fully saturated rings. The topological polar surface area (TPSA) is 0 Å². The fraction of sp³-hybridized carbons (Fsp3) is 1.00. The van der Waals surface area contributed by atoms with Crippen LogP contribution in [0, 0.1) is 22.7 Å². The zero-order valence-corrected chi connectivity index (χ0v) is 6.86. The van der Waals surface area contributed by atoms with Gasteiger partial charge in [0.15, 0.2) is 0 Å². The molecule has 0 N–H and O–H groups in total. The Kier molecular flexibility index (Phi) is 0.695. The van der Waals surface area contributed by atoms with Crippen LogP contribution < -0.4 is 0 Å². The van der Waals surface area contributed by atoms with Crippen LogP contribution in [0.3, 0.4) is 0 Å². The fourth-order valence-corrected chi connectivity index (χ4v) is 3.09. The molecule has 0 heterocycles. The lowest BCUT2D eigenvalue weighted by molar-refractivity contribution is 0.0302. The molecule has 0 radical (unpaired) electrons. The molecule has 2 aliphatic rings. The standard InChI is InChI=1S/C9H16/c1-6-7(2)9(4)5-8(6,9)3/h6-7H,5H2,1-4H3. The van der Waals surface area contributed by atoms with Crippen LogP contribution in [0.15, 0.2) is 0 Å². The van der Waals surface area contributed by atoms with Crippen LogP contribution in [-0.4, -0.2) is 0 Å². The minimum Gasteiger partial charge on any atom is -0.0617 e. The van der Waals surface area contributed by atoms with Crippen molar-refractivity contribution in [2.45, 2.75) is 34.1 Å². The summed E-state index contributed by atoms with van der Waals surface area (Å²) < 4.78 is 0. The first kappa shape index (κ1) is 5.76. The zero-order valence-electron chi connectivity index (χ0n) is 6.86. The minimum atomic E-state index is 0.756. The molecule has 0 aromatic carbocycles. The molecule has 0 amide bonds. The third kappa shape index (κ3) is 0.342. The van der Waals surface area contributed by atoms with E-state index in [1.807, 2.05) is 0 Å². The summed E-state index contributed by atoms with van der Waals surface area (Å²) in [5.41, 5.74) is 1.51. The maximum Gasteiger partial charge on any atom is -0.0235 e. The second-order valence-electron chi connectivity index (χ2n) is 4.59. The van der Waals surface area contributed by atoms with Crippen molar-refractivity contribution >= 4 is 0 Å². The van der Waals surface area contributed by atoms with Gasteiger partial charge in [-0.2, -0.15) is 0 Å². The highest BCUT2D eigenvalue weighted by atomic mass is 14.8. The van der Waals surface area contributed by atoms with Gasteiger partial charge in [-0.3, -0.25) is 0 Å². The summed E-state index contributed by atoms with van der Waals surface area (Å²) in [6.45, 7) is 9.69. The monoisotopic (exact) mass is 124 g/mol. The van der Waals surface area contributed by atoms with Crippen molar-refractivity contribution in [2.24, 2.45) is 22.7 Å². The van der Waals surface area contributed by atoms with E-state index in [-0.39, 0.29) is 0 Å². The van der Waals surface area contributed by atoms with E-state index in [0.29, 0.717) is 0 Å². The Labute approximate surface area is 57.6 Å². The predicted molar refractivity (Wildman–Crippen MR) is 39.2 cm³/mol. The van der Waals surface area contributed by atoms with Gasteiger partial charge in [0.1, 0.15) is 0 Å². The predicted octanol–water partition coefficient (Wildman–Crippen LogP) is 2.69. The Morgan fingerprint density at radius 3 is 1.44 bits per heavy atom. The highest BCUT2D eigenvalue weighted by Crippen LogP contribution is 2.82. The molecule has 0 nitrogen and oxygen atoms in total. The van der Waals surface area contributed by atoms with Crippen LogP contribution in [0.2, 0.25) is 0 Å². The van der Waals surface area contributed by atoms with Gasteiger partial charge in [0.2, 0.25) is 0 Å². The minimum absolute atomic E-state index is 0.756. The molecule has 4 unspecified atom stereocenters. The third-order valence-corrected chi connectivity index (χ3v) is 4.67. The lowest BCUT2D eigenvalue weighted by Gasteiger charge is -2.45. The van der Waals surface area contributed by atoms with Gasteiger partial charge in [0.05, 0.1) is 0 Å². The molecule has 0 aromatic heterocycles. The van der Waals surface area contributed by atoms with Gasteiger partial charge in [0, 0.05) is 0 Å². The molecule has 0 aliphatic heterocycles. The van der Waals surface area contributed by atoms with Gasteiger partial charge >= 0.3 is 0 Å². The van der Waals surface area contributed by atoms with Crippen molar-refractivity contribution < 1.29 is 0 Å². The van der Waals surface area contributed by atoms with Gasteiger partial charge < -0.3 is 0 Å². The zero-order chi connectivity index (χ0) is 6.86. The van der Waals surface area contributed by atoms with Crippen LogP contribution in [0.4, 0.5) is 0 Å². The SMILES string of the molecule is CC1C(C)C2(C)CC12C. The van der Waals surface area contributed by atoms with Crippen molar-refractivity contribution in [1.29, 1.82) is 0 Å². The quantitative estimate of drug-likeness (QED) is 0.465. The highest BCUT2D eigenvalue weighted by molar-refractivity contribution is 5.23. The van der Waals surface area contributed by atoms with Gasteiger partial charge in [-0.25, -0.2) is 0 Å². The number of rotatable bonds is 0. The molecule has 0 spiro atoms. The van der Waals surface area contributed by atoms with Crippen LogP contribution in [0.1, 0.15) is 34.1 Å². The number of hydrogen-bond donors (Lipinski definition) is 0. The smallest absolute Gasteiger partial charge is 0.0235 e. The highest BCUT2D eigenvalue weighted by Gasteiger charge is 2.75. The Morgan fingerprint density at radius 2 is 1.33 bits per heavy atom. The molecule has 9 heavy (non-hydrogen) atoms. The average Bonchev–Trinajstić information content (AvgIpc) is 2.33. The first-order valence-corrected chi connectivity index (χ1v) is 4.02. The summed E-state index contributed by atoms with van der Waals surface area (Å²) in [5.74, 6) is 1.98. The summed E-state index contributed by atoms with van der Waals surface area (Å²) in [5, 5.41) is 0. The first-order valence-electron chi connectivity index (χ1n) is 4.02. The second kappa shape index (κ2) is 1.09. The second-order valence-corrected chi connectivity index (χ2v) is 4.59. The van der Waals surface area contributed by atoms with Gasteiger partial charge in [-0.05, 0) is 29.1 Å². The lowest BCUT2D eigenvalue weighted by atomic mass is 9.60. The Hall–Kier alpha value is 0. The molecule has 0 heteroatoms. The summed E-state index contributed by atoms with van der Waals surface area (Å²) >= 11 is 0. The van der Waals surface area contributed by atoms with Crippen molar-refractivity contribution in [2.75, 3.05) is 0 Å². The summed E-state index contributed by atoms with van der Waals surface area (Å²) in [7, 11) is 0. The summed E-state index contributed by atoms with van der Waals surface area (Å²) in [4.78, 5) is 0. The average molecular weight is 124 g/mol. The van der Waals surface area contributed by atoms with Gasteiger partial charge in [-0.1, -0.05) is 27.7 Å². The first-order chi connectivity index (χ1) is 4.02. The molecule has 0 saturated heterocycles. The van der Waals surface area contributed by atoms with Crippen molar-refractivity contribution in [1.82, 2.24) is 0 Å². The van der Waals surface area contributed by atoms with E-state index in [9.17, 15) is 0 Å². The van der Waals surface area contributed by atoms with Crippen LogP contribution >= 0.6 is 0 Å². The van der Waals surface area contributed by atoms with Crippen molar-refractivity contribution in [3.05, 3.63) is 0 Å². The molecule has 4 atom stereocenters. The van der Waals surface area contributed by atoms with Crippen LogP contribution in [0.5, 0.6) is 0 Å². The lowest BCUT2D eigenvalue weighted by Crippen LogP contribution is -2.39. The van der Waals surface area contributed by atoms with E-state index in [1.54, 1.807) is 0 Å². The normalized spacial score (nSPS) is 70.7. The molecular weight excluding hydrogens is 108 g/mol. The van der Waals surface area contributed by atoms with Gasteiger partial charge in [-0.15, -0.1) is 0 Å². The molecule has 0 aromatic rings. The fourth-order valence-electron chi connectivity index (χ4n) is 3.09. The maximum atomic E-state index is 2.44. The Bertz CT molecular complexity index is 143. The molecule has 2 aliphatic carbocycles. The van der Waals surface area contributed by atoms with Crippen molar-refractivity contribution in [3.63, 3.8) is 0 Å². The van der Waals surface area contributed by atoms with Crippen molar-refractivity contribution in [3.8, 4) is 0 Å². The van der Waals surface area contributed by atoms with Crippen LogP contribution in [-0.2, 0) is 0 Å². The Balaban J connectivity index is 2.25. The number of hydrogen-bond acceptors (Lipinski definition) is 0. The maximum absolute atomic E-state index is 2.44. The van der Waals surface area contributed by atoms with E-state index in [2.05, 4.69) is 27.7 Å². The van der Waals surface area contributed by atoms with E-state index in [1.165, 1.54) is 6.42 Å². The third-order valence-electron chi connectivity index (χ3n) is 4.67. The van der Waals surface area contributed by atoms with E-state index in [4.69, 9.17) is 0 Å². The molecule has 2 saturated carbocycles. The van der Waals surface area contributed by atoms with E-state index < -0.39 is 0 Å². The van der Waals surface area contributed by atoms with Gasteiger partial charge in [0.25, 0.3) is 0 Å². The summed E-state index contributed by atoms with van der Waals surface area (Å²) in [6, 6.07) is 0.